The summed E-state index contributed by atoms with van der Waals surface area (Å²) in [6.45, 7) is 16.2. The quantitative estimate of drug-likeness (QED) is 0.580. The van der Waals surface area contributed by atoms with Crippen molar-refractivity contribution in [1.82, 2.24) is 20.9 Å². The number of carbonyl (C=O) groups is 2. The molecule has 0 aromatic rings. The Morgan fingerprint density at radius 3 is 2.11 bits per heavy atom. The van der Waals surface area contributed by atoms with E-state index in [1.807, 2.05) is 41.5 Å². The molecule has 8 nitrogen and oxygen atoms in total. The van der Waals surface area contributed by atoms with Crippen LogP contribution in [0, 0.1) is 0 Å². The van der Waals surface area contributed by atoms with Crippen LogP contribution < -0.4 is 16.0 Å². The first-order valence-electron chi connectivity index (χ1n) is 9.84. The van der Waals surface area contributed by atoms with Crippen molar-refractivity contribution in [3.63, 3.8) is 0 Å². The summed E-state index contributed by atoms with van der Waals surface area (Å²) in [6, 6.07) is -0.0293. The van der Waals surface area contributed by atoms with E-state index in [0.29, 0.717) is 6.54 Å². The van der Waals surface area contributed by atoms with E-state index in [9.17, 15) is 9.59 Å². The van der Waals surface area contributed by atoms with E-state index in [1.165, 1.54) is 0 Å². The van der Waals surface area contributed by atoms with Crippen molar-refractivity contribution in [3.8, 4) is 0 Å². The molecule has 158 valence electrons. The Balaban J connectivity index is 2.45. The molecule has 27 heavy (non-hydrogen) atoms. The van der Waals surface area contributed by atoms with E-state index in [-0.39, 0.29) is 6.04 Å². The Morgan fingerprint density at radius 1 is 1.00 bits per heavy atom. The smallest absolute Gasteiger partial charge is 0.407 e. The predicted molar refractivity (Wildman–Crippen MR) is 106 cm³/mol. The van der Waals surface area contributed by atoms with E-state index in [4.69, 9.17) is 9.47 Å². The van der Waals surface area contributed by atoms with Gasteiger partial charge in [0, 0.05) is 45.3 Å². The molecule has 1 fully saturated rings. The largest absolute Gasteiger partial charge is 0.444 e. The molecule has 1 heterocycles. The summed E-state index contributed by atoms with van der Waals surface area (Å²) >= 11 is 0. The van der Waals surface area contributed by atoms with Gasteiger partial charge >= 0.3 is 12.2 Å². The topological polar surface area (TPSA) is 91.9 Å². The van der Waals surface area contributed by atoms with Gasteiger partial charge in [0.25, 0.3) is 0 Å². The first-order chi connectivity index (χ1) is 12.4. The van der Waals surface area contributed by atoms with Crippen LogP contribution in [0.15, 0.2) is 0 Å². The van der Waals surface area contributed by atoms with Crippen LogP contribution in [0.5, 0.6) is 0 Å². The van der Waals surface area contributed by atoms with Crippen molar-refractivity contribution in [1.29, 1.82) is 0 Å². The summed E-state index contributed by atoms with van der Waals surface area (Å²) in [5.41, 5.74) is -1.03. The molecule has 0 unspecified atom stereocenters. The van der Waals surface area contributed by atoms with Gasteiger partial charge in [0.05, 0.1) is 0 Å². The van der Waals surface area contributed by atoms with Gasteiger partial charge in [-0.25, -0.2) is 9.59 Å². The van der Waals surface area contributed by atoms with Gasteiger partial charge in [-0.05, 0) is 54.4 Å². The second-order valence-electron chi connectivity index (χ2n) is 8.96. The first kappa shape index (κ1) is 23.5. The lowest BCUT2D eigenvalue weighted by Gasteiger charge is -2.32. The van der Waals surface area contributed by atoms with E-state index >= 15 is 0 Å². The summed E-state index contributed by atoms with van der Waals surface area (Å²) in [4.78, 5) is 26.2. The minimum Gasteiger partial charge on any atom is -0.444 e. The summed E-state index contributed by atoms with van der Waals surface area (Å²) in [6.07, 6.45) is 0.675. The Hall–Kier alpha value is -1.54. The highest BCUT2D eigenvalue weighted by Gasteiger charge is 2.22. The number of nitrogens with zero attached hydrogens (tertiary/aromatic N) is 1. The van der Waals surface area contributed by atoms with E-state index < -0.39 is 23.4 Å². The van der Waals surface area contributed by atoms with Crippen LogP contribution in [-0.2, 0) is 9.47 Å². The van der Waals surface area contributed by atoms with Gasteiger partial charge in [-0.3, -0.25) is 4.90 Å². The molecule has 1 saturated heterocycles. The SMILES string of the molecule is CC(C)(C)OC(=O)NCCC[C@@H](CN1CCNCC1)NC(=O)OC(C)(C)C. The average molecular weight is 387 g/mol. The molecule has 0 saturated carbocycles. The molecule has 3 N–H and O–H groups in total. The Morgan fingerprint density at radius 2 is 1.56 bits per heavy atom. The summed E-state index contributed by atoms with van der Waals surface area (Å²) < 4.78 is 10.6. The van der Waals surface area contributed by atoms with Crippen LogP contribution in [0.4, 0.5) is 9.59 Å². The maximum absolute atomic E-state index is 12.2. The maximum Gasteiger partial charge on any atom is 0.407 e. The lowest BCUT2D eigenvalue weighted by Crippen LogP contribution is -2.51. The highest BCUT2D eigenvalue weighted by molar-refractivity contribution is 5.68. The van der Waals surface area contributed by atoms with Crippen LogP contribution in [0.25, 0.3) is 0 Å². The number of hydrogen-bond acceptors (Lipinski definition) is 6. The number of hydrogen-bond donors (Lipinski definition) is 3. The fourth-order valence-electron chi connectivity index (χ4n) is 2.74. The standard InChI is InChI=1S/C19H38N4O4/c1-18(2,3)26-16(24)21-9-7-8-15(14-23-12-10-20-11-13-23)22-17(25)27-19(4,5)6/h15,20H,7-14H2,1-6H3,(H,21,24)(H,22,25)/t15-/m0/s1. The maximum atomic E-state index is 12.2. The fraction of sp³-hybridized carbons (Fsp3) is 0.895. The normalized spacial score (nSPS) is 17.1. The molecule has 0 aromatic heterocycles. The van der Waals surface area contributed by atoms with Gasteiger partial charge in [-0.2, -0.15) is 0 Å². The van der Waals surface area contributed by atoms with Crippen LogP contribution in [0.2, 0.25) is 0 Å². The van der Waals surface area contributed by atoms with Crippen molar-refractivity contribution < 1.29 is 19.1 Å². The summed E-state index contributed by atoms with van der Waals surface area (Å²) in [5, 5.41) is 9.07. The van der Waals surface area contributed by atoms with E-state index in [1.54, 1.807) is 0 Å². The zero-order valence-electron chi connectivity index (χ0n) is 17.8. The minimum absolute atomic E-state index is 0.0293. The molecule has 1 aliphatic rings. The number of nitrogens with one attached hydrogen (secondary N) is 3. The van der Waals surface area contributed by atoms with Crippen LogP contribution in [0.3, 0.4) is 0 Å². The zero-order valence-corrected chi connectivity index (χ0v) is 17.8. The molecule has 0 aromatic carbocycles. The number of alkyl carbamates (subject to hydrolysis) is 2. The molecule has 1 atom stereocenters. The Kier molecular flexibility index (Phi) is 9.32. The van der Waals surface area contributed by atoms with Gasteiger partial charge in [-0.15, -0.1) is 0 Å². The first-order valence-corrected chi connectivity index (χ1v) is 9.84. The van der Waals surface area contributed by atoms with E-state index in [0.717, 1.165) is 45.6 Å². The minimum atomic E-state index is -0.526. The van der Waals surface area contributed by atoms with Crippen molar-refractivity contribution in [3.05, 3.63) is 0 Å². The molecular formula is C19H38N4O4. The van der Waals surface area contributed by atoms with Gasteiger partial charge in [0.1, 0.15) is 11.2 Å². The van der Waals surface area contributed by atoms with Crippen molar-refractivity contribution >= 4 is 12.2 Å². The van der Waals surface area contributed by atoms with Gasteiger partial charge in [0.15, 0.2) is 0 Å². The third-order valence-electron chi connectivity index (χ3n) is 3.81. The average Bonchev–Trinajstić information content (AvgIpc) is 2.48. The molecule has 0 radical (unpaired) electrons. The second kappa shape index (κ2) is 10.7. The van der Waals surface area contributed by atoms with Crippen molar-refractivity contribution in [2.24, 2.45) is 0 Å². The van der Waals surface area contributed by atoms with Crippen LogP contribution in [-0.4, -0.2) is 73.6 Å². The Labute approximate surface area is 163 Å². The Bertz CT molecular complexity index is 465. The monoisotopic (exact) mass is 386 g/mol. The van der Waals surface area contributed by atoms with Crippen LogP contribution >= 0.6 is 0 Å². The molecule has 1 aliphatic heterocycles. The second-order valence-corrected chi connectivity index (χ2v) is 8.96. The van der Waals surface area contributed by atoms with Crippen molar-refractivity contribution in [2.45, 2.75) is 71.6 Å². The molecule has 0 spiro atoms. The lowest BCUT2D eigenvalue weighted by molar-refractivity contribution is 0.0475. The number of ether oxygens (including phenoxy) is 2. The predicted octanol–water partition coefficient (Wildman–Crippen LogP) is 2.09. The third-order valence-corrected chi connectivity index (χ3v) is 3.81. The number of carbonyl (C=O) groups excluding carboxylic acids is 2. The molecule has 2 amide bonds. The number of amides is 2. The van der Waals surface area contributed by atoms with Gasteiger partial charge in [0.2, 0.25) is 0 Å². The highest BCUT2D eigenvalue weighted by atomic mass is 16.6. The third kappa shape index (κ3) is 12.5. The lowest BCUT2D eigenvalue weighted by atomic mass is 10.1. The van der Waals surface area contributed by atoms with E-state index in [2.05, 4.69) is 20.9 Å². The molecule has 0 bridgehead atoms. The fourth-order valence-corrected chi connectivity index (χ4v) is 2.74. The van der Waals surface area contributed by atoms with Gasteiger partial charge < -0.3 is 25.4 Å². The number of piperazine rings is 1. The molecule has 8 heteroatoms. The highest BCUT2D eigenvalue weighted by Crippen LogP contribution is 2.09. The molecule has 0 aliphatic carbocycles. The summed E-state index contributed by atoms with van der Waals surface area (Å²) in [5.74, 6) is 0. The summed E-state index contributed by atoms with van der Waals surface area (Å²) in [7, 11) is 0. The zero-order chi connectivity index (χ0) is 20.5. The van der Waals surface area contributed by atoms with Crippen LogP contribution in [0.1, 0.15) is 54.4 Å². The van der Waals surface area contributed by atoms with Gasteiger partial charge in [-0.1, -0.05) is 0 Å². The molecular weight excluding hydrogens is 348 g/mol. The number of rotatable bonds is 7. The van der Waals surface area contributed by atoms with Crippen molar-refractivity contribution in [2.75, 3.05) is 39.3 Å². The molecule has 1 rings (SSSR count).